The number of hydrogen-bond acceptors (Lipinski definition) is 5. The molecule has 1 aromatic carbocycles. The number of rotatable bonds is 8. The van der Waals surface area contributed by atoms with Crippen LogP contribution in [0.4, 0.5) is 4.79 Å². The number of ether oxygens (including phenoxy) is 2. The zero-order valence-electron chi connectivity index (χ0n) is 13.9. The first-order valence-corrected chi connectivity index (χ1v) is 7.71. The number of aromatic hydroxyl groups is 1. The maximum Gasteiger partial charge on any atom is 0.407 e. The minimum atomic E-state index is -0.547. The van der Waals surface area contributed by atoms with Crippen molar-refractivity contribution in [2.45, 2.75) is 33.6 Å². The molecular formula is C17H25NO5. The van der Waals surface area contributed by atoms with Crippen molar-refractivity contribution in [3.8, 4) is 5.75 Å². The lowest BCUT2D eigenvalue weighted by molar-refractivity contribution is -0.153. The van der Waals surface area contributed by atoms with E-state index in [1.807, 2.05) is 20.8 Å². The van der Waals surface area contributed by atoms with Crippen LogP contribution in [0.2, 0.25) is 0 Å². The monoisotopic (exact) mass is 323 g/mol. The topological polar surface area (TPSA) is 84.9 Å². The van der Waals surface area contributed by atoms with Crippen molar-refractivity contribution in [1.82, 2.24) is 5.32 Å². The molecule has 1 amide bonds. The first-order chi connectivity index (χ1) is 10.8. The van der Waals surface area contributed by atoms with Crippen LogP contribution in [0.25, 0.3) is 0 Å². The average Bonchev–Trinajstić information content (AvgIpc) is 2.53. The van der Waals surface area contributed by atoms with E-state index in [0.29, 0.717) is 12.8 Å². The van der Waals surface area contributed by atoms with E-state index in [1.54, 1.807) is 24.3 Å². The fourth-order valence-corrected chi connectivity index (χ4v) is 1.61. The van der Waals surface area contributed by atoms with Gasteiger partial charge in [-0.3, -0.25) is 4.79 Å². The minimum absolute atomic E-state index is 0.120. The van der Waals surface area contributed by atoms with Crippen LogP contribution in [0.1, 0.15) is 32.8 Å². The Hall–Kier alpha value is -2.24. The Morgan fingerprint density at radius 1 is 1.13 bits per heavy atom. The third-order valence-electron chi connectivity index (χ3n) is 3.60. The highest BCUT2D eigenvalue weighted by atomic mass is 16.6. The van der Waals surface area contributed by atoms with Crippen molar-refractivity contribution in [2.24, 2.45) is 5.41 Å². The third kappa shape index (κ3) is 7.04. The molecule has 23 heavy (non-hydrogen) atoms. The van der Waals surface area contributed by atoms with Gasteiger partial charge in [0.1, 0.15) is 12.4 Å². The predicted molar refractivity (Wildman–Crippen MR) is 86.2 cm³/mol. The second-order valence-electron chi connectivity index (χ2n) is 5.85. The summed E-state index contributed by atoms with van der Waals surface area (Å²) in [6.45, 7) is 6.13. The molecule has 1 rings (SSSR count). The standard InChI is InChI=1S/C17H25NO5/c1-4-17(2,3)15(20)22-12-10-18-16(21)23-11-9-13-5-7-14(19)8-6-13/h5-8,19H,4,9-12H2,1-3H3,(H,18,21). The van der Waals surface area contributed by atoms with Crippen molar-refractivity contribution in [1.29, 1.82) is 0 Å². The number of carbonyl (C=O) groups is 2. The summed E-state index contributed by atoms with van der Waals surface area (Å²) in [6.07, 6.45) is 0.709. The number of amides is 1. The van der Waals surface area contributed by atoms with Gasteiger partial charge in [-0.25, -0.2) is 4.79 Å². The Labute approximate surface area is 136 Å². The van der Waals surface area contributed by atoms with E-state index in [4.69, 9.17) is 14.6 Å². The van der Waals surface area contributed by atoms with Crippen LogP contribution in [0.5, 0.6) is 5.75 Å². The molecular weight excluding hydrogens is 298 g/mol. The molecule has 6 nitrogen and oxygen atoms in total. The molecule has 2 N–H and O–H groups in total. The zero-order chi connectivity index (χ0) is 17.3. The molecule has 0 aromatic heterocycles. The second kappa shape index (κ2) is 9.02. The van der Waals surface area contributed by atoms with Gasteiger partial charge >= 0.3 is 12.1 Å². The van der Waals surface area contributed by atoms with E-state index in [-0.39, 0.29) is 31.5 Å². The molecule has 0 heterocycles. The van der Waals surface area contributed by atoms with Gasteiger partial charge in [-0.1, -0.05) is 19.1 Å². The predicted octanol–water partition coefficient (Wildman–Crippen LogP) is 2.64. The first-order valence-electron chi connectivity index (χ1n) is 7.71. The maximum absolute atomic E-state index is 11.7. The molecule has 0 bridgehead atoms. The van der Waals surface area contributed by atoms with Gasteiger partial charge in [0, 0.05) is 6.42 Å². The molecule has 0 saturated carbocycles. The van der Waals surface area contributed by atoms with Crippen molar-refractivity contribution in [2.75, 3.05) is 19.8 Å². The summed E-state index contributed by atoms with van der Waals surface area (Å²) in [5, 5.41) is 11.7. The number of hydrogen-bond donors (Lipinski definition) is 2. The summed E-state index contributed by atoms with van der Waals surface area (Å²) >= 11 is 0. The SMILES string of the molecule is CCC(C)(C)C(=O)OCCNC(=O)OCCc1ccc(O)cc1. The van der Waals surface area contributed by atoms with Gasteiger partial charge in [0.2, 0.25) is 0 Å². The van der Waals surface area contributed by atoms with Crippen LogP contribution >= 0.6 is 0 Å². The summed E-state index contributed by atoms with van der Waals surface area (Å²) in [5.41, 5.74) is 0.455. The fraction of sp³-hybridized carbons (Fsp3) is 0.529. The Balaban J connectivity index is 2.13. The highest BCUT2D eigenvalue weighted by Gasteiger charge is 2.26. The van der Waals surface area contributed by atoms with Gasteiger partial charge in [0.15, 0.2) is 0 Å². The Morgan fingerprint density at radius 2 is 1.78 bits per heavy atom. The number of nitrogens with one attached hydrogen (secondary N) is 1. The normalized spacial score (nSPS) is 10.9. The molecule has 0 aliphatic rings. The summed E-state index contributed by atoms with van der Waals surface area (Å²) in [7, 11) is 0. The lowest BCUT2D eigenvalue weighted by atomic mass is 9.91. The smallest absolute Gasteiger partial charge is 0.407 e. The molecule has 0 spiro atoms. The number of phenols is 1. The second-order valence-corrected chi connectivity index (χ2v) is 5.85. The van der Waals surface area contributed by atoms with Crippen molar-refractivity contribution in [3.05, 3.63) is 29.8 Å². The first kappa shape index (κ1) is 18.8. The van der Waals surface area contributed by atoms with E-state index in [9.17, 15) is 9.59 Å². The highest BCUT2D eigenvalue weighted by Crippen LogP contribution is 2.21. The van der Waals surface area contributed by atoms with Gasteiger partial charge in [0.05, 0.1) is 18.6 Å². The molecule has 0 radical (unpaired) electrons. The van der Waals surface area contributed by atoms with Crippen molar-refractivity contribution in [3.63, 3.8) is 0 Å². The van der Waals surface area contributed by atoms with E-state index in [1.165, 1.54) is 0 Å². The molecule has 128 valence electrons. The maximum atomic E-state index is 11.7. The summed E-state index contributed by atoms with van der Waals surface area (Å²) in [6, 6.07) is 6.71. The van der Waals surface area contributed by atoms with E-state index in [2.05, 4.69) is 5.32 Å². The van der Waals surface area contributed by atoms with E-state index < -0.39 is 11.5 Å². The average molecular weight is 323 g/mol. The lowest BCUT2D eigenvalue weighted by Crippen LogP contribution is -2.32. The van der Waals surface area contributed by atoms with Crippen LogP contribution in [0.15, 0.2) is 24.3 Å². The lowest BCUT2D eigenvalue weighted by Gasteiger charge is -2.20. The largest absolute Gasteiger partial charge is 0.508 e. The summed E-state index contributed by atoms with van der Waals surface area (Å²) < 4.78 is 10.1. The quantitative estimate of drug-likeness (QED) is 0.567. The number of alkyl carbamates (subject to hydrolysis) is 1. The molecule has 0 aliphatic carbocycles. The highest BCUT2D eigenvalue weighted by molar-refractivity contribution is 5.75. The Bertz CT molecular complexity index is 510. The molecule has 0 unspecified atom stereocenters. The van der Waals surface area contributed by atoms with Crippen molar-refractivity contribution >= 4 is 12.1 Å². The molecule has 0 saturated heterocycles. The van der Waals surface area contributed by atoms with Gasteiger partial charge in [0.25, 0.3) is 0 Å². The summed E-state index contributed by atoms with van der Waals surface area (Å²) in [4.78, 5) is 23.2. The van der Waals surface area contributed by atoms with Gasteiger partial charge in [-0.15, -0.1) is 0 Å². The number of phenolic OH excluding ortho intramolecular Hbond substituents is 1. The van der Waals surface area contributed by atoms with Gasteiger partial charge in [-0.05, 0) is 38.0 Å². The number of benzene rings is 1. The molecule has 0 fully saturated rings. The number of carbonyl (C=O) groups excluding carboxylic acids is 2. The fourth-order valence-electron chi connectivity index (χ4n) is 1.61. The molecule has 6 heteroatoms. The molecule has 0 atom stereocenters. The molecule has 0 aliphatic heterocycles. The van der Waals surface area contributed by atoms with Crippen LogP contribution in [0, 0.1) is 5.41 Å². The molecule has 1 aromatic rings. The van der Waals surface area contributed by atoms with Crippen LogP contribution in [-0.4, -0.2) is 36.9 Å². The van der Waals surface area contributed by atoms with Crippen LogP contribution in [0.3, 0.4) is 0 Å². The third-order valence-corrected chi connectivity index (χ3v) is 3.60. The van der Waals surface area contributed by atoms with E-state index >= 15 is 0 Å². The Morgan fingerprint density at radius 3 is 2.39 bits per heavy atom. The van der Waals surface area contributed by atoms with Crippen molar-refractivity contribution < 1.29 is 24.2 Å². The number of esters is 1. The minimum Gasteiger partial charge on any atom is -0.508 e. The van der Waals surface area contributed by atoms with Crippen LogP contribution < -0.4 is 5.32 Å². The van der Waals surface area contributed by atoms with Gasteiger partial charge < -0.3 is 19.9 Å². The Kier molecular flexibility index (Phi) is 7.38. The van der Waals surface area contributed by atoms with Crippen LogP contribution in [-0.2, 0) is 20.7 Å². The summed E-state index contributed by atoms with van der Waals surface area (Å²) in [5.74, 6) is -0.0734. The van der Waals surface area contributed by atoms with Gasteiger partial charge in [-0.2, -0.15) is 0 Å². The van der Waals surface area contributed by atoms with E-state index in [0.717, 1.165) is 5.56 Å². The zero-order valence-corrected chi connectivity index (χ0v) is 13.9.